The van der Waals surface area contributed by atoms with E-state index in [1.807, 2.05) is 12.1 Å². The Morgan fingerprint density at radius 3 is 2.89 bits per heavy atom. The smallest absolute Gasteiger partial charge is 0.267 e. The van der Waals surface area contributed by atoms with E-state index in [1.165, 1.54) is 35.8 Å². The summed E-state index contributed by atoms with van der Waals surface area (Å²) in [5.41, 5.74) is 2.57. The monoisotopic (exact) mass is 326 g/mol. The van der Waals surface area contributed by atoms with E-state index in [1.54, 1.807) is 0 Å². The van der Waals surface area contributed by atoms with E-state index in [0.717, 1.165) is 14.7 Å². The van der Waals surface area contributed by atoms with E-state index < -0.39 is 11.7 Å². The molecule has 18 heavy (non-hydrogen) atoms. The van der Waals surface area contributed by atoms with Crippen LogP contribution in [-0.2, 0) is 0 Å². The van der Waals surface area contributed by atoms with Gasteiger partial charge in [0.05, 0.1) is 10.0 Å². The zero-order valence-electron chi connectivity index (χ0n) is 9.06. The van der Waals surface area contributed by atoms with Gasteiger partial charge in [0.1, 0.15) is 5.82 Å². The van der Waals surface area contributed by atoms with Crippen molar-refractivity contribution in [1.29, 1.82) is 0 Å². The van der Waals surface area contributed by atoms with Gasteiger partial charge in [0.25, 0.3) is 5.91 Å². The molecule has 1 heterocycles. The second kappa shape index (κ2) is 5.88. The quantitative estimate of drug-likeness (QED) is 0.681. The SMILES string of the molecule is O=C(N/N=C\c1ccc(Br)s1)c1cccc(F)c1. The molecule has 2 rings (SSSR count). The summed E-state index contributed by atoms with van der Waals surface area (Å²) in [4.78, 5) is 12.5. The Kier molecular flexibility index (Phi) is 4.22. The zero-order chi connectivity index (χ0) is 13.0. The molecule has 1 aromatic heterocycles. The number of halogens is 2. The predicted octanol–water partition coefficient (Wildman–Crippen LogP) is 3.41. The van der Waals surface area contributed by atoms with E-state index in [9.17, 15) is 9.18 Å². The van der Waals surface area contributed by atoms with Gasteiger partial charge in [-0.25, -0.2) is 9.82 Å². The van der Waals surface area contributed by atoms with Crippen LogP contribution >= 0.6 is 27.3 Å². The molecule has 2 aromatic rings. The van der Waals surface area contributed by atoms with Crippen LogP contribution in [0.25, 0.3) is 0 Å². The Morgan fingerprint density at radius 2 is 2.22 bits per heavy atom. The highest BCUT2D eigenvalue weighted by Gasteiger charge is 2.04. The van der Waals surface area contributed by atoms with Crippen molar-refractivity contribution in [3.05, 3.63) is 56.4 Å². The number of amides is 1. The molecule has 0 atom stereocenters. The van der Waals surface area contributed by atoms with Crippen molar-refractivity contribution in [3.63, 3.8) is 0 Å². The van der Waals surface area contributed by atoms with Gasteiger partial charge in [0.15, 0.2) is 0 Å². The van der Waals surface area contributed by atoms with Crippen LogP contribution in [0.1, 0.15) is 15.2 Å². The van der Waals surface area contributed by atoms with Crippen LogP contribution in [0, 0.1) is 5.82 Å². The van der Waals surface area contributed by atoms with Crippen molar-refractivity contribution in [3.8, 4) is 0 Å². The number of hydrazone groups is 1. The van der Waals surface area contributed by atoms with Crippen LogP contribution in [0.15, 0.2) is 45.3 Å². The minimum absolute atomic E-state index is 0.236. The van der Waals surface area contributed by atoms with Crippen molar-refractivity contribution in [2.75, 3.05) is 0 Å². The highest BCUT2D eigenvalue weighted by Crippen LogP contribution is 2.20. The summed E-state index contributed by atoms with van der Waals surface area (Å²) in [6.07, 6.45) is 1.53. The molecular weight excluding hydrogens is 319 g/mol. The van der Waals surface area contributed by atoms with Gasteiger partial charge in [0.2, 0.25) is 0 Å². The molecule has 0 aliphatic heterocycles. The van der Waals surface area contributed by atoms with Gasteiger partial charge in [-0.3, -0.25) is 4.79 Å². The fourth-order valence-corrected chi connectivity index (χ4v) is 2.54. The maximum absolute atomic E-state index is 12.9. The third-order valence-corrected chi connectivity index (χ3v) is 3.60. The molecule has 1 amide bonds. The summed E-state index contributed by atoms with van der Waals surface area (Å²) < 4.78 is 13.9. The number of benzene rings is 1. The molecule has 0 saturated heterocycles. The lowest BCUT2D eigenvalue weighted by molar-refractivity contribution is 0.0954. The van der Waals surface area contributed by atoms with E-state index >= 15 is 0 Å². The number of nitrogens with one attached hydrogen (secondary N) is 1. The summed E-state index contributed by atoms with van der Waals surface area (Å²) in [6.45, 7) is 0. The topological polar surface area (TPSA) is 41.5 Å². The summed E-state index contributed by atoms with van der Waals surface area (Å²) in [7, 11) is 0. The standard InChI is InChI=1S/C12H8BrFN2OS/c13-11-5-4-10(18-11)7-15-16-12(17)8-2-1-3-9(14)6-8/h1-7H,(H,16,17)/b15-7-. The van der Waals surface area contributed by atoms with Crippen LogP contribution in [0.2, 0.25) is 0 Å². The maximum atomic E-state index is 12.9. The molecule has 0 bridgehead atoms. The Bertz CT molecular complexity index is 597. The van der Waals surface area contributed by atoms with Crippen LogP contribution in [0.3, 0.4) is 0 Å². The van der Waals surface area contributed by atoms with Crippen molar-refractivity contribution in [1.82, 2.24) is 5.43 Å². The highest BCUT2D eigenvalue weighted by atomic mass is 79.9. The van der Waals surface area contributed by atoms with Crippen LogP contribution in [0.5, 0.6) is 0 Å². The fourth-order valence-electron chi connectivity index (χ4n) is 1.25. The zero-order valence-corrected chi connectivity index (χ0v) is 11.5. The molecule has 3 nitrogen and oxygen atoms in total. The molecule has 0 radical (unpaired) electrons. The first-order valence-electron chi connectivity index (χ1n) is 4.99. The molecule has 0 aliphatic rings. The summed E-state index contributed by atoms with van der Waals surface area (Å²) >= 11 is 4.82. The highest BCUT2D eigenvalue weighted by molar-refractivity contribution is 9.11. The lowest BCUT2D eigenvalue weighted by Crippen LogP contribution is -2.17. The fraction of sp³-hybridized carbons (Fsp3) is 0. The molecule has 1 aromatic carbocycles. The molecule has 0 saturated carbocycles. The summed E-state index contributed by atoms with van der Waals surface area (Å²) in [5.74, 6) is -0.893. The number of hydrogen-bond donors (Lipinski definition) is 1. The minimum atomic E-state index is -0.450. The Hall–Kier alpha value is -1.53. The first kappa shape index (κ1) is 12.9. The van der Waals surface area contributed by atoms with Crippen LogP contribution in [-0.4, -0.2) is 12.1 Å². The maximum Gasteiger partial charge on any atom is 0.271 e. The first-order valence-corrected chi connectivity index (χ1v) is 6.60. The second-order valence-electron chi connectivity index (χ2n) is 3.35. The molecule has 0 fully saturated rings. The van der Waals surface area contributed by atoms with Gasteiger partial charge in [-0.2, -0.15) is 5.10 Å². The minimum Gasteiger partial charge on any atom is -0.267 e. The number of nitrogens with zero attached hydrogens (tertiary/aromatic N) is 1. The number of thiophene rings is 1. The Labute approximate surface area is 115 Å². The third kappa shape index (κ3) is 3.48. The van der Waals surface area contributed by atoms with E-state index in [-0.39, 0.29) is 5.56 Å². The van der Waals surface area contributed by atoms with E-state index in [4.69, 9.17) is 0 Å². The molecule has 6 heteroatoms. The van der Waals surface area contributed by atoms with Crippen LogP contribution < -0.4 is 5.43 Å². The lowest BCUT2D eigenvalue weighted by Gasteiger charge is -1.98. The number of carbonyl (C=O) groups is 1. The summed E-state index contributed by atoms with van der Waals surface area (Å²) in [6, 6.07) is 9.20. The van der Waals surface area contributed by atoms with Gasteiger partial charge in [-0.1, -0.05) is 6.07 Å². The van der Waals surface area contributed by atoms with Crippen molar-refractivity contribution in [2.45, 2.75) is 0 Å². The largest absolute Gasteiger partial charge is 0.271 e. The molecule has 0 unspecified atom stereocenters. The predicted molar refractivity (Wildman–Crippen MR) is 73.5 cm³/mol. The van der Waals surface area contributed by atoms with Crippen molar-refractivity contribution >= 4 is 39.4 Å². The van der Waals surface area contributed by atoms with Crippen LogP contribution in [0.4, 0.5) is 4.39 Å². The van der Waals surface area contributed by atoms with Gasteiger partial charge < -0.3 is 0 Å². The van der Waals surface area contributed by atoms with Gasteiger partial charge in [-0.05, 0) is 46.3 Å². The Balaban J connectivity index is 1.98. The number of hydrogen-bond acceptors (Lipinski definition) is 3. The van der Waals surface area contributed by atoms with E-state index in [0.29, 0.717) is 0 Å². The van der Waals surface area contributed by atoms with E-state index in [2.05, 4.69) is 26.5 Å². The molecule has 1 N–H and O–H groups in total. The second-order valence-corrected chi connectivity index (χ2v) is 5.85. The number of carbonyl (C=O) groups excluding carboxylic acids is 1. The molecule has 0 aliphatic carbocycles. The lowest BCUT2D eigenvalue weighted by atomic mass is 10.2. The van der Waals surface area contributed by atoms with Gasteiger partial charge in [-0.15, -0.1) is 11.3 Å². The first-order chi connectivity index (χ1) is 8.65. The molecular formula is C12H8BrFN2OS. The molecule has 0 spiro atoms. The average molecular weight is 327 g/mol. The average Bonchev–Trinajstić information content (AvgIpc) is 2.75. The van der Waals surface area contributed by atoms with Gasteiger partial charge >= 0.3 is 0 Å². The van der Waals surface area contributed by atoms with Crippen molar-refractivity contribution < 1.29 is 9.18 Å². The van der Waals surface area contributed by atoms with Gasteiger partial charge in [0, 0.05) is 10.4 Å². The molecule has 92 valence electrons. The Morgan fingerprint density at radius 1 is 1.39 bits per heavy atom. The normalized spacial score (nSPS) is 10.8. The third-order valence-electron chi connectivity index (χ3n) is 2.04. The van der Waals surface area contributed by atoms with Crippen molar-refractivity contribution in [2.24, 2.45) is 5.10 Å². The summed E-state index contributed by atoms with van der Waals surface area (Å²) in [5, 5.41) is 3.80. The number of rotatable bonds is 3.